The molecule has 0 saturated heterocycles. The predicted octanol–water partition coefficient (Wildman–Crippen LogP) is 3.56. The Hall–Kier alpha value is -2.83. The molecule has 1 atom stereocenters. The van der Waals surface area contributed by atoms with E-state index in [0.29, 0.717) is 17.5 Å². The highest BCUT2D eigenvalue weighted by atomic mass is 16.6. The fourth-order valence-corrected chi connectivity index (χ4v) is 2.43. The van der Waals surface area contributed by atoms with Crippen molar-refractivity contribution in [3.8, 4) is 0 Å². The van der Waals surface area contributed by atoms with Gasteiger partial charge in [-0.05, 0) is 51.0 Å². The monoisotopic (exact) mass is 329 g/mol. The number of carbonyl (C=O) groups excluding carboxylic acids is 1. The van der Waals surface area contributed by atoms with E-state index in [1.807, 2.05) is 13.0 Å². The average molecular weight is 329 g/mol. The molecule has 126 valence electrons. The number of anilines is 1. The normalized spacial score (nSPS) is 14.9. The molecule has 1 heterocycles. The Labute approximate surface area is 139 Å². The second-order valence-electron chi connectivity index (χ2n) is 6.05. The van der Waals surface area contributed by atoms with Crippen molar-refractivity contribution in [2.75, 3.05) is 5.32 Å². The molecule has 1 fully saturated rings. The molecule has 7 nitrogen and oxygen atoms in total. The Morgan fingerprint density at radius 3 is 2.67 bits per heavy atom. The van der Waals surface area contributed by atoms with Crippen LogP contribution in [0.3, 0.4) is 0 Å². The largest absolute Gasteiger partial charge is 0.464 e. The molecule has 2 N–H and O–H groups in total. The third kappa shape index (κ3) is 3.56. The van der Waals surface area contributed by atoms with Crippen LogP contribution >= 0.6 is 0 Å². The molecule has 1 aliphatic rings. The van der Waals surface area contributed by atoms with Gasteiger partial charge in [0.2, 0.25) is 0 Å². The van der Waals surface area contributed by atoms with Gasteiger partial charge in [0, 0.05) is 17.7 Å². The highest BCUT2D eigenvalue weighted by molar-refractivity contribution is 5.96. The molecule has 3 rings (SSSR count). The van der Waals surface area contributed by atoms with E-state index in [1.165, 1.54) is 6.07 Å². The summed E-state index contributed by atoms with van der Waals surface area (Å²) in [4.78, 5) is 23.2. The molecule has 1 saturated carbocycles. The van der Waals surface area contributed by atoms with E-state index < -0.39 is 4.92 Å². The molecular weight excluding hydrogens is 310 g/mol. The van der Waals surface area contributed by atoms with Crippen LogP contribution in [-0.4, -0.2) is 16.9 Å². The van der Waals surface area contributed by atoms with E-state index in [-0.39, 0.29) is 23.2 Å². The van der Waals surface area contributed by atoms with Crippen molar-refractivity contribution in [1.82, 2.24) is 5.32 Å². The number of carbonyl (C=O) groups is 1. The number of nitrogens with zero attached hydrogens (tertiary/aromatic N) is 1. The Morgan fingerprint density at radius 2 is 2.08 bits per heavy atom. The number of hydrogen-bond acceptors (Lipinski definition) is 5. The Kier molecular flexibility index (Phi) is 4.24. The number of nitro groups is 1. The van der Waals surface area contributed by atoms with Crippen LogP contribution in [0.5, 0.6) is 0 Å². The van der Waals surface area contributed by atoms with Gasteiger partial charge in [0.1, 0.15) is 17.2 Å². The second kappa shape index (κ2) is 6.35. The van der Waals surface area contributed by atoms with Gasteiger partial charge in [0.25, 0.3) is 11.6 Å². The minimum absolute atomic E-state index is 0.0870. The maximum Gasteiger partial charge on any atom is 0.293 e. The van der Waals surface area contributed by atoms with Crippen LogP contribution in [0.15, 0.2) is 34.7 Å². The second-order valence-corrected chi connectivity index (χ2v) is 6.05. The van der Waals surface area contributed by atoms with Crippen LogP contribution < -0.4 is 10.6 Å². The number of benzene rings is 1. The van der Waals surface area contributed by atoms with Gasteiger partial charge >= 0.3 is 0 Å². The van der Waals surface area contributed by atoms with E-state index in [1.54, 1.807) is 25.1 Å². The van der Waals surface area contributed by atoms with Crippen molar-refractivity contribution in [2.24, 2.45) is 0 Å². The van der Waals surface area contributed by atoms with Gasteiger partial charge in [-0.15, -0.1) is 0 Å². The highest BCUT2D eigenvalue weighted by Crippen LogP contribution is 2.31. The Bertz CT molecular complexity index is 780. The molecule has 1 aromatic carbocycles. The van der Waals surface area contributed by atoms with E-state index in [9.17, 15) is 14.9 Å². The first-order valence-electron chi connectivity index (χ1n) is 7.86. The van der Waals surface area contributed by atoms with Crippen LogP contribution in [0, 0.1) is 17.0 Å². The molecule has 1 unspecified atom stereocenters. The third-order valence-corrected chi connectivity index (χ3v) is 3.93. The zero-order valence-electron chi connectivity index (χ0n) is 13.5. The molecule has 1 aliphatic carbocycles. The summed E-state index contributed by atoms with van der Waals surface area (Å²) in [7, 11) is 0. The van der Waals surface area contributed by atoms with Crippen LogP contribution in [0.2, 0.25) is 0 Å². The summed E-state index contributed by atoms with van der Waals surface area (Å²) in [5.41, 5.74) is 0.614. The summed E-state index contributed by atoms with van der Waals surface area (Å²) in [6, 6.07) is 8.08. The van der Waals surface area contributed by atoms with E-state index in [2.05, 4.69) is 10.6 Å². The van der Waals surface area contributed by atoms with E-state index in [0.717, 1.165) is 18.6 Å². The summed E-state index contributed by atoms with van der Waals surface area (Å²) in [6.07, 6.45) is 2.03. The molecule has 0 spiro atoms. The van der Waals surface area contributed by atoms with Crippen molar-refractivity contribution in [1.29, 1.82) is 0 Å². The lowest BCUT2D eigenvalue weighted by atomic mass is 10.1. The smallest absolute Gasteiger partial charge is 0.293 e. The summed E-state index contributed by atoms with van der Waals surface area (Å²) in [5.74, 6) is 1.03. The molecule has 0 aliphatic heterocycles. The first-order chi connectivity index (χ1) is 11.4. The number of furan rings is 1. The summed E-state index contributed by atoms with van der Waals surface area (Å²) in [5, 5.41) is 17.2. The van der Waals surface area contributed by atoms with Crippen molar-refractivity contribution in [3.05, 3.63) is 57.5 Å². The maximum absolute atomic E-state index is 12.4. The summed E-state index contributed by atoms with van der Waals surface area (Å²) < 4.78 is 5.48. The lowest BCUT2D eigenvalue weighted by Gasteiger charge is -2.12. The minimum Gasteiger partial charge on any atom is -0.464 e. The number of nitro benzene ring substituents is 1. The van der Waals surface area contributed by atoms with Crippen molar-refractivity contribution < 1.29 is 14.1 Å². The number of nitrogens with one attached hydrogen (secondary N) is 2. The molecule has 7 heteroatoms. The van der Waals surface area contributed by atoms with Gasteiger partial charge in [0.05, 0.1) is 11.0 Å². The molecule has 2 aromatic rings. The first kappa shape index (κ1) is 16.0. The minimum atomic E-state index is -0.471. The van der Waals surface area contributed by atoms with Gasteiger partial charge in [-0.3, -0.25) is 14.9 Å². The summed E-state index contributed by atoms with van der Waals surface area (Å²) in [6.45, 7) is 3.63. The van der Waals surface area contributed by atoms with Gasteiger partial charge in [-0.1, -0.05) is 0 Å². The Balaban J connectivity index is 1.76. The predicted molar refractivity (Wildman–Crippen MR) is 89.1 cm³/mol. The van der Waals surface area contributed by atoms with Crippen LogP contribution in [0.25, 0.3) is 0 Å². The zero-order chi connectivity index (χ0) is 17.3. The van der Waals surface area contributed by atoms with Gasteiger partial charge < -0.3 is 15.1 Å². The fourth-order valence-electron chi connectivity index (χ4n) is 2.43. The molecule has 24 heavy (non-hydrogen) atoms. The van der Waals surface area contributed by atoms with Gasteiger partial charge in [0.15, 0.2) is 0 Å². The molecule has 0 radical (unpaired) electrons. The van der Waals surface area contributed by atoms with E-state index in [4.69, 9.17) is 4.42 Å². The molecular formula is C17H19N3O4. The van der Waals surface area contributed by atoms with E-state index >= 15 is 0 Å². The number of rotatable bonds is 6. The van der Waals surface area contributed by atoms with Gasteiger partial charge in [-0.2, -0.15) is 0 Å². The van der Waals surface area contributed by atoms with Crippen LogP contribution in [0.4, 0.5) is 11.4 Å². The average Bonchev–Trinajstić information content (AvgIpc) is 3.25. The SMILES string of the molecule is Cc1ccc(C(C)NC(=O)c2ccc(NC3CC3)c([N+](=O)[O-])c2)o1. The van der Waals surface area contributed by atoms with Crippen molar-refractivity contribution >= 4 is 17.3 Å². The summed E-state index contributed by atoms with van der Waals surface area (Å²) >= 11 is 0. The zero-order valence-corrected chi connectivity index (χ0v) is 13.5. The number of aryl methyl sites for hydroxylation is 1. The third-order valence-electron chi connectivity index (χ3n) is 3.93. The number of hydrogen-bond donors (Lipinski definition) is 2. The molecule has 0 bridgehead atoms. The lowest BCUT2D eigenvalue weighted by molar-refractivity contribution is -0.384. The maximum atomic E-state index is 12.4. The van der Waals surface area contributed by atoms with Crippen molar-refractivity contribution in [3.63, 3.8) is 0 Å². The van der Waals surface area contributed by atoms with Crippen molar-refractivity contribution in [2.45, 2.75) is 38.8 Å². The quantitative estimate of drug-likeness (QED) is 0.624. The first-order valence-corrected chi connectivity index (χ1v) is 7.86. The van der Waals surface area contributed by atoms with Gasteiger partial charge in [-0.25, -0.2) is 0 Å². The fraction of sp³-hybridized carbons (Fsp3) is 0.353. The topological polar surface area (TPSA) is 97.4 Å². The number of amides is 1. The van der Waals surface area contributed by atoms with Crippen LogP contribution in [0.1, 0.15) is 47.7 Å². The standard InChI is InChI=1S/C17H19N3O4/c1-10-3-8-16(24-10)11(2)18-17(21)12-4-7-14(19-13-5-6-13)15(9-12)20(22)23/h3-4,7-9,11,13,19H,5-6H2,1-2H3,(H,18,21). The molecule has 1 aromatic heterocycles. The Morgan fingerprint density at radius 1 is 1.33 bits per heavy atom. The van der Waals surface area contributed by atoms with Crippen LogP contribution in [-0.2, 0) is 0 Å². The lowest BCUT2D eigenvalue weighted by Crippen LogP contribution is -2.26. The highest BCUT2D eigenvalue weighted by Gasteiger charge is 2.26. The molecule has 1 amide bonds.